The minimum Gasteiger partial charge on any atom is -0.497 e. The fourth-order valence-electron chi connectivity index (χ4n) is 2.41. The zero-order valence-electron chi connectivity index (χ0n) is 13.1. The summed E-state index contributed by atoms with van der Waals surface area (Å²) in [5.74, 6) is 0.830. The predicted octanol–water partition coefficient (Wildman–Crippen LogP) is 2.51. The van der Waals surface area contributed by atoms with E-state index in [-0.39, 0.29) is 11.4 Å². The minimum absolute atomic E-state index is 0.225. The standard InChI is InChI=1S/C18H12FN3O2S/c1-24-14-8-2-11(3-9-14)10-15-17(23)22-18(25-15)20-16(21-22)12-4-6-13(19)7-5-12/h2-10H,1H3. The molecule has 0 fully saturated rings. The minimum atomic E-state index is -0.328. The summed E-state index contributed by atoms with van der Waals surface area (Å²) < 4.78 is 20.0. The van der Waals surface area contributed by atoms with E-state index in [1.165, 1.54) is 28.0 Å². The zero-order chi connectivity index (χ0) is 17.4. The van der Waals surface area contributed by atoms with Crippen molar-refractivity contribution in [1.82, 2.24) is 14.6 Å². The van der Waals surface area contributed by atoms with E-state index in [9.17, 15) is 9.18 Å². The average Bonchev–Trinajstić information content (AvgIpc) is 3.16. The molecule has 0 saturated carbocycles. The normalized spacial score (nSPS) is 12.0. The molecule has 0 radical (unpaired) electrons. The molecule has 4 rings (SSSR count). The zero-order valence-corrected chi connectivity index (χ0v) is 14.0. The summed E-state index contributed by atoms with van der Waals surface area (Å²) in [6.45, 7) is 0. The van der Waals surface area contributed by atoms with Crippen molar-refractivity contribution in [2.24, 2.45) is 0 Å². The van der Waals surface area contributed by atoms with E-state index in [4.69, 9.17) is 4.74 Å². The van der Waals surface area contributed by atoms with Crippen LogP contribution in [0.2, 0.25) is 0 Å². The Balaban J connectivity index is 1.76. The highest BCUT2D eigenvalue weighted by Gasteiger charge is 2.12. The Morgan fingerprint density at radius 3 is 2.48 bits per heavy atom. The van der Waals surface area contributed by atoms with Gasteiger partial charge in [-0.15, -0.1) is 5.10 Å². The van der Waals surface area contributed by atoms with Gasteiger partial charge in [0.1, 0.15) is 11.6 Å². The number of aromatic nitrogens is 3. The second-order valence-corrected chi connectivity index (χ2v) is 6.33. The molecule has 2 heterocycles. The number of nitrogens with zero attached hydrogens (tertiary/aromatic N) is 3. The number of fused-ring (bicyclic) bond motifs is 1. The first-order valence-corrected chi connectivity index (χ1v) is 8.27. The van der Waals surface area contributed by atoms with E-state index in [1.807, 2.05) is 24.3 Å². The molecule has 0 saturated heterocycles. The molecule has 2 aromatic carbocycles. The Kier molecular flexibility index (Phi) is 3.77. The summed E-state index contributed by atoms with van der Waals surface area (Å²) >= 11 is 1.26. The third kappa shape index (κ3) is 2.89. The molecule has 7 heteroatoms. The van der Waals surface area contributed by atoms with Crippen LogP contribution < -0.4 is 14.8 Å². The smallest absolute Gasteiger partial charge is 0.291 e. The lowest BCUT2D eigenvalue weighted by atomic mass is 10.2. The van der Waals surface area contributed by atoms with E-state index in [2.05, 4.69) is 10.1 Å². The van der Waals surface area contributed by atoms with Crippen LogP contribution >= 0.6 is 11.3 Å². The number of hydrogen-bond acceptors (Lipinski definition) is 5. The van der Waals surface area contributed by atoms with Crippen molar-refractivity contribution < 1.29 is 9.13 Å². The molecular formula is C18H12FN3O2S. The largest absolute Gasteiger partial charge is 0.497 e. The summed E-state index contributed by atoms with van der Waals surface area (Å²) in [6, 6.07) is 13.3. The molecule has 124 valence electrons. The number of rotatable bonds is 3. The number of thiazole rings is 1. The van der Waals surface area contributed by atoms with Gasteiger partial charge in [0, 0.05) is 5.56 Å². The van der Waals surface area contributed by atoms with Gasteiger partial charge in [0.25, 0.3) is 5.56 Å². The quantitative estimate of drug-likeness (QED) is 0.568. The summed E-state index contributed by atoms with van der Waals surface area (Å²) in [7, 11) is 1.60. The molecule has 0 amide bonds. The van der Waals surface area contributed by atoms with Gasteiger partial charge in [-0.1, -0.05) is 23.5 Å². The van der Waals surface area contributed by atoms with Gasteiger partial charge in [0.15, 0.2) is 5.82 Å². The van der Waals surface area contributed by atoms with Crippen molar-refractivity contribution in [2.75, 3.05) is 7.11 Å². The van der Waals surface area contributed by atoms with Crippen LogP contribution in [0.5, 0.6) is 5.75 Å². The van der Waals surface area contributed by atoms with Crippen molar-refractivity contribution in [3.05, 3.63) is 74.8 Å². The first-order chi connectivity index (χ1) is 12.1. The van der Waals surface area contributed by atoms with Gasteiger partial charge in [0.2, 0.25) is 4.96 Å². The van der Waals surface area contributed by atoms with Crippen LogP contribution in [0.25, 0.3) is 22.4 Å². The molecule has 25 heavy (non-hydrogen) atoms. The van der Waals surface area contributed by atoms with Gasteiger partial charge < -0.3 is 4.74 Å². The Morgan fingerprint density at radius 1 is 1.12 bits per heavy atom. The fraction of sp³-hybridized carbons (Fsp3) is 0.0556. The van der Waals surface area contributed by atoms with Crippen molar-refractivity contribution in [3.8, 4) is 17.1 Å². The maximum atomic E-state index is 13.0. The second-order valence-electron chi connectivity index (χ2n) is 5.33. The summed E-state index contributed by atoms with van der Waals surface area (Å²) in [5, 5.41) is 4.24. The van der Waals surface area contributed by atoms with Crippen LogP contribution in [0.15, 0.2) is 53.3 Å². The molecule has 2 aromatic heterocycles. The number of hydrogen-bond donors (Lipinski definition) is 0. The predicted molar refractivity (Wildman–Crippen MR) is 94.3 cm³/mol. The highest BCUT2D eigenvalue weighted by molar-refractivity contribution is 7.15. The monoisotopic (exact) mass is 353 g/mol. The van der Waals surface area contributed by atoms with E-state index < -0.39 is 0 Å². The van der Waals surface area contributed by atoms with E-state index in [0.29, 0.717) is 20.9 Å². The Hall–Kier alpha value is -3.06. The first-order valence-electron chi connectivity index (χ1n) is 7.45. The molecule has 0 spiro atoms. The lowest BCUT2D eigenvalue weighted by Gasteiger charge is -1.98. The van der Waals surface area contributed by atoms with Gasteiger partial charge in [0.05, 0.1) is 11.6 Å². The van der Waals surface area contributed by atoms with Crippen molar-refractivity contribution >= 4 is 22.4 Å². The average molecular weight is 353 g/mol. The lowest BCUT2D eigenvalue weighted by Crippen LogP contribution is -2.23. The van der Waals surface area contributed by atoms with Crippen molar-refractivity contribution in [2.45, 2.75) is 0 Å². The molecule has 0 aliphatic heterocycles. The van der Waals surface area contributed by atoms with Gasteiger partial charge in [-0.05, 0) is 48.0 Å². The molecule has 0 aliphatic carbocycles. The van der Waals surface area contributed by atoms with Crippen LogP contribution in [-0.2, 0) is 0 Å². The highest BCUT2D eigenvalue weighted by atomic mass is 32.1. The molecule has 4 aromatic rings. The molecule has 0 aliphatic rings. The maximum absolute atomic E-state index is 13.0. The van der Waals surface area contributed by atoms with Crippen LogP contribution in [0, 0.1) is 5.82 Å². The summed E-state index contributed by atoms with van der Waals surface area (Å²) in [6.07, 6.45) is 1.79. The summed E-state index contributed by atoms with van der Waals surface area (Å²) in [5.41, 5.74) is 1.33. The van der Waals surface area contributed by atoms with Crippen molar-refractivity contribution in [3.63, 3.8) is 0 Å². The van der Waals surface area contributed by atoms with Gasteiger partial charge in [-0.2, -0.15) is 9.50 Å². The second kappa shape index (κ2) is 6.10. The van der Waals surface area contributed by atoms with Crippen LogP contribution in [0.1, 0.15) is 5.56 Å². The molecule has 0 bridgehead atoms. The number of benzene rings is 2. The van der Waals surface area contributed by atoms with Gasteiger partial charge in [-0.25, -0.2) is 4.39 Å². The Labute approximate surface area is 145 Å². The molecule has 5 nitrogen and oxygen atoms in total. The van der Waals surface area contributed by atoms with E-state index >= 15 is 0 Å². The lowest BCUT2D eigenvalue weighted by molar-refractivity contribution is 0.415. The molecule has 0 N–H and O–H groups in total. The van der Waals surface area contributed by atoms with Gasteiger partial charge >= 0.3 is 0 Å². The van der Waals surface area contributed by atoms with Crippen molar-refractivity contribution in [1.29, 1.82) is 0 Å². The first kappa shape index (κ1) is 15.5. The Bertz CT molecular complexity index is 1150. The topological polar surface area (TPSA) is 56.5 Å². The number of methoxy groups -OCH3 is 1. The molecule has 0 unspecified atom stereocenters. The number of halogens is 1. The summed E-state index contributed by atoms with van der Waals surface area (Å²) in [4.78, 5) is 17.4. The SMILES string of the molecule is COc1ccc(C=c2sc3nc(-c4ccc(F)cc4)nn3c2=O)cc1. The van der Waals surface area contributed by atoms with Crippen LogP contribution in [-0.4, -0.2) is 21.7 Å². The maximum Gasteiger partial charge on any atom is 0.291 e. The van der Waals surface area contributed by atoms with Gasteiger partial charge in [-0.3, -0.25) is 4.79 Å². The highest BCUT2D eigenvalue weighted by Crippen LogP contribution is 2.17. The Morgan fingerprint density at radius 2 is 1.84 bits per heavy atom. The van der Waals surface area contributed by atoms with Crippen LogP contribution in [0.3, 0.4) is 0 Å². The third-order valence-corrected chi connectivity index (χ3v) is 4.66. The molecule has 0 atom stereocenters. The van der Waals surface area contributed by atoms with E-state index in [1.54, 1.807) is 25.3 Å². The third-order valence-electron chi connectivity index (χ3n) is 3.70. The van der Waals surface area contributed by atoms with Crippen LogP contribution in [0.4, 0.5) is 4.39 Å². The molecular weight excluding hydrogens is 341 g/mol. The number of ether oxygens (including phenoxy) is 1. The van der Waals surface area contributed by atoms with E-state index in [0.717, 1.165) is 11.3 Å². The fourth-order valence-corrected chi connectivity index (χ4v) is 3.31.